The third-order valence-corrected chi connectivity index (χ3v) is 3.60. The van der Waals surface area contributed by atoms with Crippen LogP contribution in [0.5, 0.6) is 5.88 Å². The summed E-state index contributed by atoms with van der Waals surface area (Å²) in [6.07, 6.45) is 0. The molecular weight excluding hydrogens is 224 g/mol. The Balaban J connectivity index is 2.25. The highest BCUT2D eigenvalue weighted by molar-refractivity contribution is 5.86. The Kier molecular flexibility index (Phi) is 2.71. The molecule has 18 heavy (non-hydrogen) atoms. The van der Waals surface area contributed by atoms with Crippen molar-refractivity contribution in [2.75, 3.05) is 20.2 Å². The van der Waals surface area contributed by atoms with Crippen molar-refractivity contribution < 1.29 is 4.74 Å². The highest BCUT2D eigenvalue weighted by atomic mass is 16.5. The Morgan fingerprint density at radius 1 is 1.22 bits per heavy atom. The zero-order chi connectivity index (χ0) is 12.7. The maximum absolute atomic E-state index is 5.77. The molecule has 1 aromatic heterocycles. The molecule has 3 nitrogen and oxygen atoms in total. The molecule has 1 aliphatic rings. The predicted molar refractivity (Wildman–Crippen MR) is 73.0 cm³/mol. The largest absolute Gasteiger partial charge is 0.476 e. The van der Waals surface area contributed by atoms with Gasteiger partial charge in [0, 0.05) is 24.0 Å². The monoisotopic (exact) mass is 242 g/mol. The molecule has 0 atom stereocenters. The van der Waals surface area contributed by atoms with E-state index < -0.39 is 0 Å². The summed E-state index contributed by atoms with van der Waals surface area (Å²) in [5, 5.41) is 1.24. The van der Waals surface area contributed by atoms with Crippen LogP contribution in [0.25, 0.3) is 10.9 Å². The molecule has 3 rings (SSSR count). The van der Waals surface area contributed by atoms with Gasteiger partial charge < -0.3 is 4.74 Å². The molecule has 0 aliphatic carbocycles. The van der Waals surface area contributed by atoms with E-state index in [2.05, 4.69) is 44.0 Å². The van der Waals surface area contributed by atoms with Crippen molar-refractivity contribution in [1.29, 1.82) is 0 Å². The van der Waals surface area contributed by atoms with Gasteiger partial charge in [-0.2, -0.15) is 0 Å². The quantitative estimate of drug-likeness (QED) is 0.710. The number of aryl methyl sites for hydroxylation is 2. The molecule has 0 radical (unpaired) electrons. The SMILES string of the molecule is Cc1ccc(C)c2nc3c(cc12)CN(C)CCO3. The van der Waals surface area contributed by atoms with Gasteiger partial charge in [0.1, 0.15) is 6.61 Å². The van der Waals surface area contributed by atoms with E-state index in [4.69, 9.17) is 9.72 Å². The van der Waals surface area contributed by atoms with E-state index >= 15 is 0 Å². The predicted octanol–water partition coefficient (Wildman–Crippen LogP) is 2.68. The first kappa shape index (κ1) is 11.5. The number of rotatable bonds is 0. The minimum atomic E-state index is 0.715. The molecule has 2 aromatic rings. The second-order valence-corrected chi connectivity index (χ2v) is 5.13. The van der Waals surface area contributed by atoms with E-state index in [1.807, 2.05) is 0 Å². The van der Waals surface area contributed by atoms with Gasteiger partial charge >= 0.3 is 0 Å². The van der Waals surface area contributed by atoms with Crippen LogP contribution in [0.3, 0.4) is 0 Å². The van der Waals surface area contributed by atoms with Crippen LogP contribution in [0, 0.1) is 13.8 Å². The Labute approximate surface area is 107 Å². The lowest BCUT2D eigenvalue weighted by Gasteiger charge is -2.13. The third kappa shape index (κ3) is 1.85. The fourth-order valence-electron chi connectivity index (χ4n) is 2.46. The Morgan fingerprint density at radius 3 is 2.83 bits per heavy atom. The second kappa shape index (κ2) is 4.25. The van der Waals surface area contributed by atoms with Crippen molar-refractivity contribution in [2.24, 2.45) is 0 Å². The zero-order valence-electron chi connectivity index (χ0n) is 11.2. The maximum atomic E-state index is 5.77. The normalized spacial score (nSPS) is 16.2. The van der Waals surface area contributed by atoms with Crippen molar-refractivity contribution in [3.8, 4) is 5.88 Å². The fraction of sp³-hybridized carbons (Fsp3) is 0.400. The smallest absolute Gasteiger partial charge is 0.218 e. The van der Waals surface area contributed by atoms with Crippen LogP contribution in [-0.4, -0.2) is 30.1 Å². The fourth-order valence-corrected chi connectivity index (χ4v) is 2.46. The molecular formula is C15H18N2O. The Morgan fingerprint density at radius 2 is 2.00 bits per heavy atom. The topological polar surface area (TPSA) is 25.4 Å². The minimum absolute atomic E-state index is 0.715. The molecule has 0 spiro atoms. The van der Waals surface area contributed by atoms with Crippen LogP contribution < -0.4 is 4.74 Å². The molecule has 0 fully saturated rings. The summed E-state index contributed by atoms with van der Waals surface area (Å²) in [6, 6.07) is 6.52. The van der Waals surface area contributed by atoms with Gasteiger partial charge in [-0.15, -0.1) is 0 Å². The van der Waals surface area contributed by atoms with Gasteiger partial charge in [0.05, 0.1) is 5.52 Å². The van der Waals surface area contributed by atoms with Crippen molar-refractivity contribution in [3.63, 3.8) is 0 Å². The molecule has 1 aliphatic heterocycles. The van der Waals surface area contributed by atoms with Crippen LogP contribution >= 0.6 is 0 Å². The number of fused-ring (bicyclic) bond motifs is 2. The van der Waals surface area contributed by atoms with E-state index in [-0.39, 0.29) is 0 Å². The first-order valence-corrected chi connectivity index (χ1v) is 6.36. The van der Waals surface area contributed by atoms with Crippen molar-refractivity contribution in [2.45, 2.75) is 20.4 Å². The molecule has 94 valence electrons. The van der Waals surface area contributed by atoms with Gasteiger partial charge in [-0.25, -0.2) is 4.98 Å². The maximum Gasteiger partial charge on any atom is 0.218 e. The van der Waals surface area contributed by atoms with Crippen molar-refractivity contribution in [1.82, 2.24) is 9.88 Å². The van der Waals surface area contributed by atoms with Crippen LogP contribution in [0.1, 0.15) is 16.7 Å². The van der Waals surface area contributed by atoms with E-state index in [1.165, 1.54) is 22.1 Å². The molecule has 0 N–H and O–H groups in total. The lowest BCUT2D eigenvalue weighted by Crippen LogP contribution is -2.20. The van der Waals surface area contributed by atoms with Crippen LogP contribution in [0.4, 0.5) is 0 Å². The van der Waals surface area contributed by atoms with Crippen molar-refractivity contribution >= 4 is 10.9 Å². The van der Waals surface area contributed by atoms with Gasteiger partial charge in [-0.05, 0) is 38.1 Å². The summed E-state index contributed by atoms with van der Waals surface area (Å²) in [5.41, 5.74) is 4.74. The summed E-state index contributed by atoms with van der Waals surface area (Å²) < 4.78 is 5.77. The number of aromatic nitrogens is 1. The van der Waals surface area contributed by atoms with Gasteiger partial charge in [-0.3, -0.25) is 4.90 Å². The number of hydrogen-bond donors (Lipinski definition) is 0. The number of likely N-dealkylation sites (N-methyl/N-ethyl adjacent to an activating group) is 1. The van der Waals surface area contributed by atoms with Gasteiger partial charge in [0.15, 0.2) is 0 Å². The Bertz CT molecular complexity index is 607. The highest BCUT2D eigenvalue weighted by Gasteiger charge is 2.16. The molecule has 0 saturated carbocycles. The first-order chi connectivity index (χ1) is 8.65. The van der Waals surface area contributed by atoms with Gasteiger partial charge in [0.25, 0.3) is 0 Å². The lowest BCUT2D eigenvalue weighted by atomic mass is 10.0. The van der Waals surface area contributed by atoms with E-state index in [0.717, 1.165) is 24.5 Å². The molecule has 2 heterocycles. The zero-order valence-corrected chi connectivity index (χ0v) is 11.2. The van der Waals surface area contributed by atoms with Gasteiger partial charge in [0.2, 0.25) is 5.88 Å². The molecule has 0 bridgehead atoms. The third-order valence-electron chi connectivity index (χ3n) is 3.60. The summed E-state index contributed by atoms with van der Waals surface area (Å²) in [4.78, 5) is 6.99. The van der Waals surface area contributed by atoms with Gasteiger partial charge in [-0.1, -0.05) is 12.1 Å². The van der Waals surface area contributed by atoms with E-state index in [0.29, 0.717) is 6.61 Å². The number of nitrogens with zero attached hydrogens (tertiary/aromatic N) is 2. The Hall–Kier alpha value is -1.61. The second-order valence-electron chi connectivity index (χ2n) is 5.13. The average Bonchev–Trinajstić information content (AvgIpc) is 2.52. The van der Waals surface area contributed by atoms with Crippen LogP contribution in [-0.2, 0) is 6.54 Å². The van der Waals surface area contributed by atoms with E-state index in [1.54, 1.807) is 0 Å². The summed E-state index contributed by atoms with van der Waals surface area (Å²) in [5.74, 6) is 0.806. The standard InChI is InChI=1S/C15H18N2O/c1-10-4-5-11(2)14-13(10)8-12-9-17(3)6-7-18-15(12)16-14/h4-5,8H,6-7,9H2,1-3H3. The minimum Gasteiger partial charge on any atom is -0.476 e. The number of hydrogen-bond acceptors (Lipinski definition) is 3. The summed E-state index contributed by atoms with van der Waals surface area (Å²) >= 11 is 0. The number of benzene rings is 1. The number of ether oxygens (including phenoxy) is 1. The molecule has 3 heteroatoms. The molecule has 0 unspecified atom stereocenters. The van der Waals surface area contributed by atoms with Crippen molar-refractivity contribution in [3.05, 3.63) is 34.9 Å². The molecule has 1 aromatic carbocycles. The van der Waals surface area contributed by atoms with Crippen LogP contribution in [0.2, 0.25) is 0 Å². The van der Waals surface area contributed by atoms with E-state index in [9.17, 15) is 0 Å². The molecule has 0 saturated heterocycles. The summed E-state index contributed by atoms with van der Waals surface area (Å²) in [6.45, 7) is 6.81. The average molecular weight is 242 g/mol. The first-order valence-electron chi connectivity index (χ1n) is 6.36. The highest BCUT2D eigenvalue weighted by Crippen LogP contribution is 2.28. The number of pyridine rings is 1. The summed E-state index contributed by atoms with van der Waals surface area (Å²) in [7, 11) is 2.12. The lowest BCUT2D eigenvalue weighted by molar-refractivity contribution is 0.254. The molecule has 0 amide bonds. The van der Waals surface area contributed by atoms with Crippen LogP contribution in [0.15, 0.2) is 18.2 Å².